The molecule has 1 fully saturated rings. The molecule has 0 saturated carbocycles. The highest BCUT2D eigenvalue weighted by Gasteiger charge is 2.21. The van der Waals surface area contributed by atoms with Gasteiger partial charge in [0.1, 0.15) is 0 Å². The number of nitrogens with one attached hydrogen (secondary N) is 1. The van der Waals surface area contributed by atoms with Crippen molar-refractivity contribution < 1.29 is 0 Å². The van der Waals surface area contributed by atoms with Gasteiger partial charge in [0.15, 0.2) is 0 Å². The highest BCUT2D eigenvalue weighted by molar-refractivity contribution is 6.31. The van der Waals surface area contributed by atoms with Crippen LogP contribution in [0, 0.1) is 0 Å². The van der Waals surface area contributed by atoms with Crippen LogP contribution in [0.2, 0.25) is 5.02 Å². The Morgan fingerprint density at radius 1 is 1.29 bits per heavy atom. The van der Waals surface area contributed by atoms with Gasteiger partial charge in [-0.25, -0.2) is 0 Å². The highest BCUT2D eigenvalue weighted by atomic mass is 35.5. The van der Waals surface area contributed by atoms with Gasteiger partial charge in [0.25, 0.3) is 0 Å². The van der Waals surface area contributed by atoms with Gasteiger partial charge in [0, 0.05) is 42.4 Å². The summed E-state index contributed by atoms with van der Waals surface area (Å²) in [6.45, 7) is 7.36. The standard InChI is InChI=1S/C17H28ClN3/c1-13(2)19-12-14-5-6-16(11-17(14)18)21-9-7-15(8-10-21)20(3)4/h5-6,11,13,15,19H,7-10,12H2,1-4H3. The molecule has 1 aromatic rings. The summed E-state index contributed by atoms with van der Waals surface area (Å²) in [6, 6.07) is 7.68. The van der Waals surface area contributed by atoms with Gasteiger partial charge in [-0.3, -0.25) is 0 Å². The quantitative estimate of drug-likeness (QED) is 0.899. The third-order valence-electron chi connectivity index (χ3n) is 4.30. The van der Waals surface area contributed by atoms with Crippen LogP contribution in [0.3, 0.4) is 0 Å². The molecule has 21 heavy (non-hydrogen) atoms. The minimum Gasteiger partial charge on any atom is -0.371 e. The molecule has 0 atom stereocenters. The van der Waals surface area contributed by atoms with Gasteiger partial charge in [0.05, 0.1) is 0 Å². The van der Waals surface area contributed by atoms with Crippen LogP contribution in [0.5, 0.6) is 0 Å². The molecule has 4 heteroatoms. The van der Waals surface area contributed by atoms with E-state index in [1.54, 1.807) is 0 Å². The molecule has 0 amide bonds. The third kappa shape index (κ3) is 4.60. The van der Waals surface area contributed by atoms with Crippen LogP contribution >= 0.6 is 11.6 Å². The van der Waals surface area contributed by atoms with E-state index in [1.165, 1.54) is 24.1 Å². The molecule has 0 aliphatic carbocycles. The lowest BCUT2D eigenvalue weighted by Crippen LogP contribution is -2.42. The Balaban J connectivity index is 1.97. The third-order valence-corrected chi connectivity index (χ3v) is 4.65. The summed E-state index contributed by atoms with van der Waals surface area (Å²) in [6.07, 6.45) is 2.45. The Bertz CT molecular complexity index is 451. The average Bonchev–Trinajstić information content (AvgIpc) is 2.46. The molecule has 0 aromatic heterocycles. The van der Waals surface area contributed by atoms with E-state index in [0.29, 0.717) is 12.1 Å². The Morgan fingerprint density at radius 3 is 2.48 bits per heavy atom. The van der Waals surface area contributed by atoms with Gasteiger partial charge >= 0.3 is 0 Å². The zero-order valence-electron chi connectivity index (χ0n) is 13.7. The molecule has 2 rings (SSSR count). The number of nitrogens with zero attached hydrogens (tertiary/aromatic N) is 2. The predicted octanol–water partition coefficient (Wildman–Crippen LogP) is 3.37. The Kier molecular flexibility index (Phi) is 5.91. The maximum absolute atomic E-state index is 6.44. The first kappa shape index (κ1) is 16.6. The van der Waals surface area contributed by atoms with Crippen molar-refractivity contribution in [2.24, 2.45) is 0 Å². The van der Waals surface area contributed by atoms with Crippen molar-refractivity contribution in [2.45, 2.75) is 45.3 Å². The molecule has 1 heterocycles. The second-order valence-corrected chi connectivity index (χ2v) is 6.90. The van der Waals surface area contributed by atoms with Gasteiger partial charge < -0.3 is 15.1 Å². The Morgan fingerprint density at radius 2 is 1.95 bits per heavy atom. The molecule has 1 aliphatic rings. The SMILES string of the molecule is CC(C)NCc1ccc(N2CCC(N(C)C)CC2)cc1Cl. The van der Waals surface area contributed by atoms with Crippen LogP contribution in [-0.2, 0) is 6.54 Å². The van der Waals surface area contributed by atoms with Crippen LogP contribution in [0.25, 0.3) is 0 Å². The number of benzene rings is 1. The number of halogens is 1. The smallest absolute Gasteiger partial charge is 0.0471 e. The van der Waals surface area contributed by atoms with Gasteiger partial charge in [-0.1, -0.05) is 31.5 Å². The minimum atomic E-state index is 0.478. The van der Waals surface area contributed by atoms with E-state index in [2.05, 4.69) is 61.3 Å². The van der Waals surface area contributed by atoms with E-state index in [9.17, 15) is 0 Å². The fraction of sp³-hybridized carbons (Fsp3) is 0.647. The molecule has 3 nitrogen and oxygen atoms in total. The maximum Gasteiger partial charge on any atom is 0.0471 e. The summed E-state index contributed by atoms with van der Waals surface area (Å²) in [5.74, 6) is 0. The van der Waals surface area contributed by atoms with Gasteiger partial charge in [-0.05, 0) is 44.6 Å². The highest BCUT2D eigenvalue weighted by Crippen LogP contribution is 2.27. The average molecular weight is 310 g/mol. The van der Waals surface area contributed by atoms with E-state index < -0.39 is 0 Å². The molecule has 1 aromatic carbocycles. The fourth-order valence-corrected chi connectivity index (χ4v) is 3.07. The normalized spacial score (nSPS) is 17.0. The van der Waals surface area contributed by atoms with E-state index in [1.807, 2.05) is 0 Å². The monoisotopic (exact) mass is 309 g/mol. The van der Waals surface area contributed by atoms with E-state index in [0.717, 1.165) is 24.7 Å². The molecular weight excluding hydrogens is 282 g/mol. The summed E-state index contributed by atoms with van der Waals surface area (Å²) in [4.78, 5) is 4.79. The first-order valence-corrected chi connectivity index (χ1v) is 8.28. The number of hydrogen-bond donors (Lipinski definition) is 1. The Labute approximate surface area is 134 Å². The second-order valence-electron chi connectivity index (χ2n) is 6.49. The lowest BCUT2D eigenvalue weighted by Gasteiger charge is -2.36. The van der Waals surface area contributed by atoms with Crippen LogP contribution in [0.1, 0.15) is 32.3 Å². The number of piperidine rings is 1. The van der Waals surface area contributed by atoms with Crippen molar-refractivity contribution in [1.82, 2.24) is 10.2 Å². The van der Waals surface area contributed by atoms with Crippen LogP contribution in [0.15, 0.2) is 18.2 Å². The van der Waals surface area contributed by atoms with E-state index in [-0.39, 0.29) is 0 Å². The molecule has 1 aliphatic heterocycles. The van der Waals surface area contributed by atoms with Crippen molar-refractivity contribution in [3.8, 4) is 0 Å². The molecular formula is C17H28ClN3. The van der Waals surface area contributed by atoms with Gasteiger partial charge in [-0.15, -0.1) is 0 Å². The summed E-state index contributed by atoms with van der Waals surface area (Å²) < 4.78 is 0. The molecule has 118 valence electrons. The van der Waals surface area contributed by atoms with E-state index >= 15 is 0 Å². The number of rotatable bonds is 5. The van der Waals surface area contributed by atoms with Crippen LogP contribution in [-0.4, -0.2) is 44.2 Å². The zero-order chi connectivity index (χ0) is 15.4. The minimum absolute atomic E-state index is 0.478. The number of anilines is 1. The molecule has 0 spiro atoms. The summed E-state index contributed by atoms with van der Waals surface area (Å²) in [5, 5.41) is 4.29. The fourth-order valence-electron chi connectivity index (χ4n) is 2.83. The van der Waals surface area contributed by atoms with E-state index in [4.69, 9.17) is 11.6 Å². The van der Waals surface area contributed by atoms with Crippen molar-refractivity contribution >= 4 is 17.3 Å². The first-order chi connectivity index (χ1) is 9.97. The predicted molar refractivity (Wildman–Crippen MR) is 92.3 cm³/mol. The summed E-state index contributed by atoms with van der Waals surface area (Å²) in [7, 11) is 4.35. The second kappa shape index (κ2) is 7.48. The topological polar surface area (TPSA) is 18.5 Å². The van der Waals surface area contributed by atoms with Crippen molar-refractivity contribution in [3.05, 3.63) is 28.8 Å². The molecule has 1 saturated heterocycles. The van der Waals surface area contributed by atoms with Gasteiger partial charge in [0.2, 0.25) is 0 Å². The molecule has 0 radical (unpaired) electrons. The molecule has 0 unspecified atom stereocenters. The largest absolute Gasteiger partial charge is 0.371 e. The maximum atomic E-state index is 6.44. The van der Waals surface area contributed by atoms with Crippen molar-refractivity contribution in [3.63, 3.8) is 0 Å². The van der Waals surface area contributed by atoms with Crippen molar-refractivity contribution in [1.29, 1.82) is 0 Å². The van der Waals surface area contributed by atoms with Crippen molar-refractivity contribution in [2.75, 3.05) is 32.1 Å². The van der Waals surface area contributed by atoms with Crippen LogP contribution in [0.4, 0.5) is 5.69 Å². The first-order valence-electron chi connectivity index (χ1n) is 7.90. The Hall–Kier alpha value is -0.770. The van der Waals surface area contributed by atoms with Crippen LogP contribution < -0.4 is 10.2 Å². The summed E-state index contributed by atoms with van der Waals surface area (Å²) in [5.41, 5.74) is 2.43. The zero-order valence-corrected chi connectivity index (χ0v) is 14.5. The molecule has 0 bridgehead atoms. The lowest BCUT2D eigenvalue weighted by molar-refractivity contribution is 0.249. The molecule has 1 N–H and O–H groups in total. The lowest BCUT2D eigenvalue weighted by atomic mass is 10.0. The summed E-state index contributed by atoms with van der Waals surface area (Å²) >= 11 is 6.44. The van der Waals surface area contributed by atoms with Gasteiger partial charge in [-0.2, -0.15) is 0 Å². The number of hydrogen-bond acceptors (Lipinski definition) is 3.